The SMILES string of the molecule is Cc1cc(C(=O)O)c(C)c(C)c1C.[GaH3]. The molecule has 0 aromatic heterocycles. The van der Waals surface area contributed by atoms with Gasteiger partial charge in [0.25, 0.3) is 0 Å². The second-order valence-electron chi connectivity index (χ2n) is 3.42. The van der Waals surface area contributed by atoms with Gasteiger partial charge in [0.1, 0.15) is 0 Å². The Hall–Kier alpha value is -0.674. The predicted octanol–water partition coefficient (Wildman–Crippen LogP) is 1.43. The Morgan fingerprint density at radius 3 is 2.00 bits per heavy atom. The molecule has 1 aromatic rings. The van der Waals surface area contributed by atoms with Crippen LogP contribution in [0.4, 0.5) is 0 Å². The van der Waals surface area contributed by atoms with E-state index in [1.807, 2.05) is 27.7 Å². The fourth-order valence-corrected chi connectivity index (χ4v) is 1.43. The molecule has 0 aliphatic rings. The van der Waals surface area contributed by atoms with Gasteiger partial charge in [0, 0.05) is 0 Å². The topological polar surface area (TPSA) is 37.3 Å². The predicted molar refractivity (Wildman–Crippen MR) is 62.3 cm³/mol. The van der Waals surface area contributed by atoms with Crippen molar-refractivity contribution >= 4 is 25.8 Å². The summed E-state index contributed by atoms with van der Waals surface area (Å²) in [5.41, 5.74) is 4.59. The Kier molecular flexibility index (Phi) is 4.48. The molecule has 0 heterocycles. The summed E-state index contributed by atoms with van der Waals surface area (Å²) in [7, 11) is 0. The average Bonchev–Trinajstić information content (AvgIpc) is 2.07. The summed E-state index contributed by atoms with van der Waals surface area (Å²) in [5.74, 6) is -0.844. The van der Waals surface area contributed by atoms with Crippen LogP contribution in [0.3, 0.4) is 0 Å². The maximum absolute atomic E-state index is 10.8. The molecule has 1 aromatic carbocycles. The Morgan fingerprint density at radius 1 is 1.07 bits per heavy atom. The number of hydrogen-bond acceptors (Lipinski definition) is 1. The molecule has 0 spiro atoms. The van der Waals surface area contributed by atoms with Gasteiger partial charge in [-0.15, -0.1) is 0 Å². The molecule has 0 saturated carbocycles. The van der Waals surface area contributed by atoms with Crippen LogP contribution in [-0.2, 0) is 0 Å². The van der Waals surface area contributed by atoms with Crippen molar-refractivity contribution in [3.63, 3.8) is 0 Å². The van der Waals surface area contributed by atoms with Crippen molar-refractivity contribution in [3.8, 4) is 0 Å². The molecule has 2 nitrogen and oxygen atoms in total. The molecule has 14 heavy (non-hydrogen) atoms. The summed E-state index contributed by atoms with van der Waals surface area (Å²) in [6.07, 6.45) is 0. The van der Waals surface area contributed by atoms with E-state index in [1.165, 1.54) is 5.56 Å². The molecule has 0 amide bonds. The zero-order valence-corrected chi connectivity index (χ0v) is 8.43. The molecule has 0 fully saturated rings. The van der Waals surface area contributed by atoms with Gasteiger partial charge in [0.05, 0.1) is 5.56 Å². The van der Waals surface area contributed by atoms with Crippen LogP contribution in [0.1, 0.15) is 32.6 Å². The molecule has 76 valence electrons. The summed E-state index contributed by atoms with van der Waals surface area (Å²) in [5, 5.41) is 8.91. The molecule has 1 N–H and O–H groups in total. The Bertz CT molecular complexity index is 370. The van der Waals surface area contributed by atoms with E-state index in [-0.39, 0.29) is 19.8 Å². The number of aromatic carboxylic acids is 1. The molecule has 1 rings (SSSR count). The van der Waals surface area contributed by atoms with Gasteiger partial charge in [-0.05, 0) is 56.0 Å². The van der Waals surface area contributed by atoms with Crippen LogP contribution in [0.25, 0.3) is 0 Å². The van der Waals surface area contributed by atoms with E-state index in [4.69, 9.17) is 5.11 Å². The zero-order valence-electron chi connectivity index (χ0n) is 8.43. The number of carboxylic acid groups (broad SMARTS) is 1. The van der Waals surface area contributed by atoms with Crippen LogP contribution in [-0.4, -0.2) is 30.9 Å². The van der Waals surface area contributed by atoms with Crippen molar-refractivity contribution in [2.45, 2.75) is 27.7 Å². The van der Waals surface area contributed by atoms with E-state index < -0.39 is 5.97 Å². The Balaban J connectivity index is 0.00000169. The third-order valence-corrected chi connectivity index (χ3v) is 2.71. The molecule has 0 aliphatic heterocycles. The van der Waals surface area contributed by atoms with E-state index >= 15 is 0 Å². The van der Waals surface area contributed by atoms with Gasteiger partial charge < -0.3 is 5.11 Å². The number of rotatable bonds is 1. The standard InChI is InChI=1S/C11H14O2.Ga.3H/c1-6-5-10(11(12)13)9(4)8(3)7(6)2;;;;/h5H,1-4H3,(H,12,13);;;;. The van der Waals surface area contributed by atoms with Crippen LogP contribution in [0.15, 0.2) is 6.07 Å². The Labute approximate surface area is 97.4 Å². The van der Waals surface area contributed by atoms with Crippen molar-refractivity contribution in [1.29, 1.82) is 0 Å². The molecular formula is C11H17GaO2. The van der Waals surface area contributed by atoms with Gasteiger partial charge in [0.15, 0.2) is 0 Å². The van der Waals surface area contributed by atoms with E-state index in [1.54, 1.807) is 6.07 Å². The molecule has 0 unspecified atom stereocenters. The maximum atomic E-state index is 10.8. The molecule has 0 bridgehead atoms. The first-order valence-electron chi connectivity index (χ1n) is 4.26. The minimum absolute atomic E-state index is 0. The number of carboxylic acids is 1. The van der Waals surface area contributed by atoms with E-state index in [2.05, 4.69) is 0 Å². The first kappa shape index (κ1) is 13.3. The number of aryl methyl sites for hydroxylation is 1. The van der Waals surface area contributed by atoms with Gasteiger partial charge in [-0.1, -0.05) is 0 Å². The number of benzene rings is 1. The summed E-state index contributed by atoms with van der Waals surface area (Å²) >= 11 is 0. The van der Waals surface area contributed by atoms with E-state index in [0.29, 0.717) is 5.56 Å². The van der Waals surface area contributed by atoms with Gasteiger partial charge >= 0.3 is 25.8 Å². The van der Waals surface area contributed by atoms with Gasteiger partial charge in [-0.3, -0.25) is 0 Å². The van der Waals surface area contributed by atoms with Gasteiger partial charge in [0.2, 0.25) is 0 Å². The van der Waals surface area contributed by atoms with Crippen molar-refractivity contribution in [2.75, 3.05) is 0 Å². The first-order valence-corrected chi connectivity index (χ1v) is 4.26. The monoisotopic (exact) mass is 250 g/mol. The molecular weight excluding hydrogens is 234 g/mol. The third kappa shape index (κ3) is 2.22. The van der Waals surface area contributed by atoms with Crippen LogP contribution in [0.2, 0.25) is 0 Å². The summed E-state index contributed by atoms with van der Waals surface area (Å²) in [6.45, 7) is 7.77. The van der Waals surface area contributed by atoms with Crippen molar-refractivity contribution in [1.82, 2.24) is 0 Å². The molecule has 0 radical (unpaired) electrons. The molecule has 0 aliphatic carbocycles. The zero-order chi connectivity index (χ0) is 10.2. The molecule has 0 saturated heterocycles. The quantitative estimate of drug-likeness (QED) is 0.766. The summed E-state index contributed by atoms with van der Waals surface area (Å²) in [6, 6.07) is 1.74. The first-order chi connectivity index (χ1) is 5.95. The van der Waals surface area contributed by atoms with E-state index in [0.717, 1.165) is 16.7 Å². The Morgan fingerprint density at radius 2 is 1.57 bits per heavy atom. The van der Waals surface area contributed by atoms with E-state index in [9.17, 15) is 4.79 Å². The second kappa shape index (κ2) is 4.71. The molecule has 0 atom stereocenters. The second-order valence-corrected chi connectivity index (χ2v) is 3.42. The summed E-state index contributed by atoms with van der Waals surface area (Å²) < 4.78 is 0. The minimum atomic E-state index is -0.844. The van der Waals surface area contributed by atoms with Crippen molar-refractivity contribution < 1.29 is 9.90 Å². The van der Waals surface area contributed by atoms with Crippen LogP contribution in [0, 0.1) is 27.7 Å². The van der Waals surface area contributed by atoms with Gasteiger partial charge in [-0.25, -0.2) is 4.79 Å². The third-order valence-electron chi connectivity index (χ3n) is 2.71. The fourth-order valence-electron chi connectivity index (χ4n) is 1.43. The number of carbonyl (C=O) groups is 1. The van der Waals surface area contributed by atoms with Crippen LogP contribution < -0.4 is 0 Å². The fraction of sp³-hybridized carbons (Fsp3) is 0.364. The number of hydrogen-bond donors (Lipinski definition) is 1. The molecule has 3 heteroatoms. The van der Waals surface area contributed by atoms with Gasteiger partial charge in [-0.2, -0.15) is 0 Å². The van der Waals surface area contributed by atoms with Crippen molar-refractivity contribution in [2.24, 2.45) is 0 Å². The van der Waals surface area contributed by atoms with Crippen LogP contribution in [0.5, 0.6) is 0 Å². The van der Waals surface area contributed by atoms with Crippen LogP contribution >= 0.6 is 0 Å². The normalized spacial score (nSPS) is 9.43. The van der Waals surface area contributed by atoms with Crippen molar-refractivity contribution in [3.05, 3.63) is 33.9 Å². The average molecular weight is 251 g/mol. The summed E-state index contributed by atoms with van der Waals surface area (Å²) in [4.78, 5) is 10.8.